The molecule has 0 aliphatic heterocycles. The van der Waals surface area contributed by atoms with Gasteiger partial charge in [-0.3, -0.25) is 19.9 Å². The van der Waals surface area contributed by atoms with Gasteiger partial charge in [-0.15, -0.1) is 0 Å². The van der Waals surface area contributed by atoms with Crippen LogP contribution in [-0.2, 0) is 6.54 Å². The van der Waals surface area contributed by atoms with E-state index in [-0.39, 0.29) is 11.5 Å². The highest BCUT2D eigenvalue weighted by atomic mass is 19.1. The maximum atomic E-state index is 13.8. The Bertz CT molecular complexity index is 1080. The largest absolute Gasteiger partial charge is 0.337 e. The number of hydrazone groups is 1. The van der Waals surface area contributed by atoms with Gasteiger partial charge in [0.25, 0.3) is 5.91 Å². The third kappa shape index (κ3) is 5.56. The highest BCUT2D eigenvalue weighted by Gasteiger charge is 2.19. The van der Waals surface area contributed by atoms with Gasteiger partial charge in [0.15, 0.2) is 0 Å². The molecule has 2 heterocycles. The van der Waals surface area contributed by atoms with Crippen molar-refractivity contribution in [3.8, 4) is 11.3 Å². The molecule has 0 unspecified atom stereocenters. The van der Waals surface area contributed by atoms with E-state index in [0.29, 0.717) is 31.0 Å². The fourth-order valence-electron chi connectivity index (χ4n) is 2.90. The number of carbonyl (C=O) groups is 1. The van der Waals surface area contributed by atoms with E-state index in [0.717, 1.165) is 24.0 Å². The fourth-order valence-corrected chi connectivity index (χ4v) is 2.90. The van der Waals surface area contributed by atoms with Crippen LogP contribution in [0.15, 0.2) is 54.0 Å². The summed E-state index contributed by atoms with van der Waals surface area (Å²) in [6.45, 7) is 2.98. The lowest BCUT2D eigenvalue weighted by Crippen LogP contribution is -2.34. The Hall–Kier alpha value is -3.95. The molecule has 0 aliphatic rings. The maximum Gasteiger partial charge on any atom is 0.256 e. The van der Waals surface area contributed by atoms with Gasteiger partial charge in [0, 0.05) is 31.1 Å². The zero-order chi connectivity index (χ0) is 22.2. The van der Waals surface area contributed by atoms with Crippen molar-refractivity contribution in [1.82, 2.24) is 19.7 Å². The van der Waals surface area contributed by atoms with E-state index in [1.807, 2.05) is 6.92 Å². The predicted octanol–water partition coefficient (Wildman–Crippen LogP) is 3.43. The van der Waals surface area contributed by atoms with Gasteiger partial charge < -0.3 is 10.3 Å². The van der Waals surface area contributed by atoms with E-state index in [1.54, 1.807) is 28.0 Å². The lowest BCUT2D eigenvalue weighted by Gasteiger charge is -2.22. The molecule has 3 aromatic rings. The normalized spacial score (nSPS) is 10.9. The number of benzene rings is 1. The highest BCUT2D eigenvalue weighted by Crippen LogP contribution is 2.20. The number of nitrogens with zero attached hydrogens (tertiary/aromatic N) is 5. The van der Waals surface area contributed by atoms with Gasteiger partial charge in [-0.25, -0.2) is 8.78 Å². The average Bonchev–Trinajstić information content (AvgIpc) is 3.24. The number of amides is 1. The maximum absolute atomic E-state index is 13.8. The predicted molar refractivity (Wildman–Crippen MR) is 114 cm³/mol. The molecule has 1 aromatic carbocycles. The van der Waals surface area contributed by atoms with Crippen molar-refractivity contribution in [2.75, 3.05) is 18.5 Å². The molecule has 0 spiro atoms. The van der Waals surface area contributed by atoms with Crippen molar-refractivity contribution in [2.45, 2.75) is 13.5 Å². The van der Waals surface area contributed by atoms with Crippen LogP contribution in [0.3, 0.4) is 0 Å². The summed E-state index contributed by atoms with van der Waals surface area (Å²) in [4.78, 5) is 18.6. The van der Waals surface area contributed by atoms with Crippen molar-refractivity contribution in [3.05, 3.63) is 66.1 Å². The highest BCUT2D eigenvalue weighted by molar-refractivity contribution is 6.14. The number of rotatable bonds is 9. The molecule has 8 nitrogen and oxygen atoms in total. The first-order chi connectivity index (χ1) is 15.0. The van der Waals surface area contributed by atoms with E-state index >= 15 is 0 Å². The van der Waals surface area contributed by atoms with Crippen LogP contribution in [0, 0.1) is 17.0 Å². The number of anilines is 1. The van der Waals surface area contributed by atoms with E-state index in [4.69, 9.17) is 5.41 Å². The van der Waals surface area contributed by atoms with Crippen LogP contribution in [0.1, 0.15) is 17.3 Å². The van der Waals surface area contributed by atoms with Crippen molar-refractivity contribution in [3.63, 3.8) is 0 Å². The van der Waals surface area contributed by atoms with Gasteiger partial charge in [-0.1, -0.05) is 0 Å². The third-order valence-corrected chi connectivity index (χ3v) is 4.47. The Balaban J connectivity index is 1.71. The summed E-state index contributed by atoms with van der Waals surface area (Å²) in [7, 11) is 0. The first-order valence-corrected chi connectivity index (χ1v) is 9.53. The van der Waals surface area contributed by atoms with Crippen LogP contribution >= 0.6 is 0 Å². The third-order valence-electron chi connectivity index (χ3n) is 4.47. The topological polar surface area (TPSA) is 99.3 Å². The van der Waals surface area contributed by atoms with Crippen LogP contribution in [0.2, 0.25) is 0 Å². The minimum Gasteiger partial charge on any atom is -0.337 e. The molecule has 3 rings (SSSR count). The van der Waals surface area contributed by atoms with E-state index in [2.05, 4.69) is 20.6 Å². The molecular weight excluding hydrogens is 404 g/mol. The molecule has 10 heteroatoms. The Morgan fingerprint density at radius 3 is 2.77 bits per heavy atom. The van der Waals surface area contributed by atoms with Crippen LogP contribution in [-0.4, -0.2) is 51.1 Å². The minimum atomic E-state index is -0.537. The smallest absolute Gasteiger partial charge is 0.256 e. The number of aromatic nitrogens is 3. The molecule has 0 saturated carbocycles. The molecule has 2 aromatic heterocycles. The number of hydrogen-bond acceptors (Lipinski definition) is 6. The number of likely N-dealkylation sites (N-methyl/N-ethyl adjacent to an activating group) is 1. The molecule has 160 valence electrons. The van der Waals surface area contributed by atoms with Gasteiger partial charge >= 0.3 is 0 Å². The fraction of sp³-hybridized carbons (Fsp3) is 0.190. The van der Waals surface area contributed by atoms with Crippen LogP contribution in [0.5, 0.6) is 0 Å². The van der Waals surface area contributed by atoms with E-state index in [9.17, 15) is 13.6 Å². The van der Waals surface area contributed by atoms with Crippen LogP contribution in [0.25, 0.3) is 11.3 Å². The van der Waals surface area contributed by atoms with Crippen molar-refractivity contribution in [1.29, 1.82) is 5.41 Å². The number of hydrogen-bond donors (Lipinski definition) is 2. The lowest BCUT2D eigenvalue weighted by molar-refractivity contribution is 0.0757. The van der Waals surface area contributed by atoms with Crippen molar-refractivity contribution in [2.24, 2.45) is 5.10 Å². The van der Waals surface area contributed by atoms with Gasteiger partial charge in [-0.2, -0.15) is 10.2 Å². The molecule has 0 aliphatic carbocycles. The lowest BCUT2D eigenvalue weighted by atomic mass is 10.1. The molecule has 2 N–H and O–H groups in total. The molecule has 0 saturated heterocycles. The number of pyridine rings is 1. The molecule has 1 amide bonds. The summed E-state index contributed by atoms with van der Waals surface area (Å²) in [6.07, 6.45) is 6.71. The van der Waals surface area contributed by atoms with Gasteiger partial charge in [-0.05, 0) is 37.3 Å². The summed E-state index contributed by atoms with van der Waals surface area (Å²) in [5.41, 5.74) is 4.46. The SMILES string of the molecule is CCN(CCn1cc(-c2ccc(F)cn2)cn1)C(=O)c1cc(F)ccc1N/N=C\C=N. The van der Waals surface area contributed by atoms with E-state index < -0.39 is 11.6 Å². The quantitative estimate of drug-likeness (QED) is 0.405. The Morgan fingerprint density at radius 2 is 2.06 bits per heavy atom. The molecule has 0 radical (unpaired) electrons. The number of carbonyl (C=O) groups excluding carboxylic acids is 1. The zero-order valence-corrected chi connectivity index (χ0v) is 16.8. The number of nitrogens with one attached hydrogen (secondary N) is 2. The van der Waals surface area contributed by atoms with E-state index in [1.165, 1.54) is 24.4 Å². The monoisotopic (exact) mass is 425 g/mol. The summed E-state index contributed by atoms with van der Waals surface area (Å²) in [5.74, 6) is -1.31. The molecule has 0 fully saturated rings. The Kier molecular flexibility index (Phi) is 7.15. The Morgan fingerprint density at radius 1 is 1.26 bits per heavy atom. The number of halogens is 2. The standard InChI is InChI=1S/C21H21F2N7O/c1-2-29(21(31)18-11-16(22)3-6-20(18)28-26-8-7-24)9-10-30-14-15(12-27-30)19-5-4-17(23)13-25-19/h3-8,11-14,24,28H,2,9-10H2,1H3/b24-7?,26-8-. The molecular formula is C21H21F2N7O. The summed E-state index contributed by atoms with van der Waals surface area (Å²) in [5, 5.41) is 15.0. The zero-order valence-electron chi connectivity index (χ0n) is 16.8. The van der Waals surface area contributed by atoms with Gasteiger partial charge in [0.2, 0.25) is 0 Å². The molecule has 31 heavy (non-hydrogen) atoms. The van der Waals surface area contributed by atoms with Gasteiger partial charge in [0.05, 0.1) is 42.1 Å². The van der Waals surface area contributed by atoms with Gasteiger partial charge in [0.1, 0.15) is 11.6 Å². The summed E-state index contributed by atoms with van der Waals surface area (Å²) < 4.78 is 28.5. The first-order valence-electron chi connectivity index (χ1n) is 9.53. The summed E-state index contributed by atoms with van der Waals surface area (Å²) >= 11 is 0. The van der Waals surface area contributed by atoms with Crippen LogP contribution in [0.4, 0.5) is 14.5 Å². The van der Waals surface area contributed by atoms with Crippen molar-refractivity contribution >= 4 is 24.0 Å². The minimum absolute atomic E-state index is 0.139. The first kappa shape index (κ1) is 21.8. The average molecular weight is 425 g/mol. The second kappa shape index (κ2) is 10.2. The summed E-state index contributed by atoms with van der Waals surface area (Å²) in [6, 6.07) is 6.70. The van der Waals surface area contributed by atoms with Crippen molar-refractivity contribution < 1.29 is 13.6 Å². The Labute approximate surface area is 177 Å². The molecule has 0 bridgehead atoms. The second-order valence-electron chi connectivity index (χ2n) is 6.49. The molecule has 0 atom stereocenters. The van der Waals surface area contributed by atoms with Crippen LogP contribution < -0.4 is 5.43 Å². The second-order valence-corrected chi connectivity index (χ2v) is 6.49.